The number of carbonyl (C=O) groups is 4. The molecule has 10 heteroatoms. The zero-order chi connectivity index (χ0) is 28.6. The molecule has 2 saturated heterocycles. The van der Waals surface area contributed by atoms with Gasteiger partial charge in [-0.05, 0) is 114 Å². The maximum Gasteiger partial charge on any atom is 0.407 e. The van der Waals surface area contributed by atoms with Crippen molar-refractivity contribution in [1.29, 1.82) is 0 Å². The van der Waals surface area contributed by atoms with E-state index >= 15 is 0 Å². The van der Waals surface area contributed by atoms with Gasteiger partial charge in [-0.1, -0.05) is 0 Å². The first-order valence-electron chi connectivity index (χ1n) is 14.7. The van der Waals surface area contributed by atoms with E-state index in [2.05, 4.69) is 15.5 Å². The van der Waals surface area contributed by atoms with Gasteiger partial charge >= 0.3 is 6.09 Å². The number of fused-ring (bicyclic) bond motifs is 1. The number of likely N-dealkylation sites (tertiary alicyclic amines) is 1. The second kappa shape index (κ2) is 11.5. The molecule has 0 bridgehead atoms. The van der Waals surface area contributed by atoms with Gasteiger partial charge in [-0.25, -0.2) is 9.18 Å². The monoisotopic (exact) mass is 556 g/mol. The van der Waals surface area contributed by atoms with Gasteiger partial charge in [0, 0.05) is 31.1 Å². The van der Waals surface area contributed by atoms with Crippen LogP contribution < -0.4 is 10.6 Å². The molecule has 40 heavy (non-hydrogen) atoms. The van der Waals surface area contributed by atoms with E-state index in [4.69, 9.17) is 4.74 Å². The molecule has 1 saturated carbocycles. The van der Waals surface area contributed by atoms with E-state index in [1.165, 1.54) is 11.0 Å². The van der Waals surface area contributed by atoms with E-state index in [0.717, 1.165) is 69.3 Å². The van der Waals surface area contributed by atoms with Crippen LogP contribution in [0.4, 0.5) is 9.18 Å². The zero-order valence-electron chi connectivity index (χ0n) is 23.8. The molecule has 5 rings (SSSR count). The lowest BCUT2D eigenvalue weighted by molar-refractivity contribution is -0.136. The Hall–Kier alpha value is -3.01. The van der Waals surface area contributed by atoms with E-state index in [1.54, 1.807) is 6.07 Å². The Morgan fingerprint density at radius 2 is 1.75 bits per heavy atom. The fourth-order valence-corrected chi connectivity index (χ4v) is 6.77. The van der Waals surface area contributed by atoms with E-state index in [9.17, 15) is 23.6 Å². The number of rotatable bonds is 5. The first-order valence-corrected chi connectivity index (χ1v) is 14.7. The van der Waals surface area contributed by atoms with Crippen molar-refractivity contribution in [3.63, 3.8) is 0 Å². The van der Waals surface area contributed by atoms with Gasteiger partial charge in [0.05, 0.1) is 0 Å². The third-order valence-electron chi connectivity index (χ3n) is 8.77. The highest BCUT2D eigenvalue weighted by molar-refractivity contribution is 6.05. The number of imide groups is 1. The molecule has 2 N–H and O–H groups in total. The molecule has 1 atom stereocenters. The fraction of sp³-hybridized carbons (Fsp3) is 0.667. The summed E-state index contributed by atoms with van der Waals surface area (Å²) in [4.78, 5) is 53.3. The van der Waals surface area contributed by atoms with Crippen LogP contribution in [0.5, 0.6) is 0 Å². The number of amides is 4. The van der Waals surface area contributed by atoms with Crippen LogP contribution in [0.15, 0.2) is 12.1 Å². The second-order valence-electron chi connectivity index (χ2n) is 12.9. The molecule has 1 aromatic rings. The van der Waals surface area contributed by atoms with Crippen LogP contribution >= 0.6 is 0 Å². The quantitative estimate of drug-likeness (QED) is 0.534. The lowest BCUT2D eigenvalue weighted by atomic mass is 9.83. The Morgan fingerprint density at radius 1 is 1.05 bits per heavy atom. The summed E-state index contributed by atoms with van der Waals surface area (Å²) in [6, 6.07) is 2.31. The molecule has 0 aromatic heterocycles. The summed E-state index contributed by atoms with van der Waals surface area (Å²) >= 11 is 0. The first kappa shape index (κ1) is 28.5. The number of benzene rings is 1. The molecule has 3 fully saturated rings. The molecule has 9 nitrogen and oxygen atoms in total. The van der Waals surface area contributed by atoms with Gasteiger partial charge in [0.25, 0.3) is 5.91 Å². The summed E-state index contributed by atoms with van der Waals surface area (Å²) in [6.45, 7) is 8.72. The lowest BCUT2D eigenvalue weighted by Crippen LogP contribution is -2.52. The summed E-state index contributed by atoms with van der Waals surface area (Å²) in [5, 5.41) is 5.33. The summed E-state index contributed by atoms with van der Waals surface area (Å²) in [6.07, 6.45) is 5.95. The van der Waals surface area contributed by atoms with E-state index in [0.29, 0.717) is 17.9 Å². The molecule has 218 valence electrons. The minimum absolute atomic E-state index is 0.156. The second-order valence-corrected chi connectivity index (χ2v) is 12.9. The van der Waals surface area contributed by atoms with Crippen molar-refractivity contribution in [2.24, 2.45) is 5.92 Å². The van der Waals surface area contributed by atoms with Crippen LogP contribution in [-0.2, 0) is 20.9 Å². The number of alkyl carbamates (subject to hydrolysis) is 1. The van der Waals surface area contributed by atoms with Crippen molar-refractivity contribution in [3.8, 4) is 0 Å². The molecule has 1 aliphatic carbocycles. The number of carbonyl (C=O) groups excluding carboxylic acids is 4. The number of piperidine rings is 2. The van der Waals surface area contributed by atoms with E-state index in [1.807, 2.05) is 20.8 Å². The van der Waals surface area contributed by atoms with Gasteiger partial charge in [0.1, 0.15) is 17.5 Å². The van der Waals surface area contributed by atoms with Gasteiger partial charge in [-0.2, -0.15) is 0 Å². The topological polar surface area (TPSA) is 108 Å². The van der Waals surface area contributed by atoms with Gasteiger partial charge in [-0.15, -0.1) is 0 Å². The summed E-state index contributed by atoms with van der Waals surface area (Å²) < 4.78 is 20.1. The van der Waals surface area contributed by atoms with Gasteiger partial charge in [0.15, 0.2) is 0 Å². The summed E-state index contributed by atoms with van der Waals surface area (Å²) in [5.74, 6) is -0.794. The highest BCUT2D eigenvalue weighted by Gasteiger charge is 2.41. The zero-order valence-corrected chi connectivity index (χ0v) is 23.8. The largest absolute Gasteiger partial charge is 0.444 e. The maximum absolute atomic E-state index is 14.7. The number of ether oxygens (including phenoxy) is 1. The smallest absolute Gasteiger partial charge is 0.407 e. The number of nitrogens with one attached hydrogen (secondary N) is 2. The van der Waals surface area contributed by atoms with Crippen LogP contribution in [0.2, 0.25) is 0 Å². The molecular formula is C30H41FN4O5. The molecule has 0 radical (unpaired) electrons. The number of halogens is 1. The van der Waals surface area contributed by atoms with Crippen molar-refractivity contribution >= 4 is 23.8 Å². The SMILES string of the molecule is CC(C)(C)OC(=O)NC1CCC(CN2CCC(c3cc(F)cc4c3CN(C3CCC(=O)NC3=O)C4=O)CC2)CC1. The molecule has 3 aliphatic heterocycles. The first-order chi connectivity index (χ1) is 19.0. The van der Waals surface area contributed by atoms with Crippen molar-refractivity contribution in [2.75, 3.05) is 19.6 Å². The number of nitrogens with zero attached hydrogens (tertiary/aromatic N) is 2. The highest BCUT2D eigenvalue weighted by Crippen LogP contribution is 2.38. The van der Waals surface area contributed by atoms with Gasteiger partial charge in [-0.3, -0.25) is 19.7 Å². The Kier molecular flexibility index (Phi) is 8.17. The Morgan fingerprint density at radius 3 is 2.40 bits per heavy atom. The Labute approximate surface area is 235 Å². The normalized spacial score (nSPS) is 26.4. The molecule has 4 amide bonds. The third-order valence-corrected chi connectivity index (χ3v) is 8.77. The maximum atomic E-state index is 14.7. The fourth-order valence-electron chi connectivity index (χ4n) is 6.77. The lowest BCUT2D eigenvalue weighted by Gasteiger charge is -2.37. The predicted molar refractivity (Wildman–Crippen MR) is 146 cm³/mol. The summed E-state index contributed by atoms with van der Waals surface area (Å²) in [5.41, 5.74) is 1.55. The molecule has 3 heterocycles. The minimum Gasteiger partial charge on any atom is -0.444 e. The molecular weight excluding hydrogens is 515 g/mol. The molecule has 1 aromatic carbocycles. The predicted octanol–water partition coefficient (Wildman–Crippen LogP) is 3.85. The average Bonchev–Trinajstić information content (AvgIpc) is 3.20. The van der Waals surface area contributed by atoms with Crippen molar-refractivity contribution < 1.29 is 28.3 Å². The molecule has 4 aliphatic rings. The number of hydrogen-bond donors (Lipinski definition) is 2. The Balaban J connectivity index is 1.14. The third kappa shape index (κ3) is 6.48. The van der Waals surface area contributed by atoms with Crippen LogP contribution in [0.1, 0.15) is 99.5 Å². The average molecular weight is 557 g/mol. The van der Waals surface area contributed by atoms with Gasteiger partial charge in [0.2, 0.25) is 11.8 Å². The van der Waals surface area contributed by atoms with Crippen molar-refractivity contribution in [3.05, 3.63) is 34.6 Å². The van der Waals surface area contributed by atoms with Crippen LogP contribution in [-0.4, -0.2) is 70.9 Å². The Bertz CT molecular complexity index is 1170. The van der Waals surface area contributed by atoms with Crippen molar-refractivity contribution in [1.82, 2.24) is 20.4 Å². The molecule has 0 spiro atoms. The minimum atomic E-state index is -0.704. The highest BCUT2D eigenvalue weighted by atomic mass is 19.1. The summed E-state index contributed by atoms with van der Waals surface area (Å²) in [7, 11) is 0. The number of hydrogen-bond acceptors (Lipinski definition) is 6. The van der Waals surface area contributed by atoms with E-state index in [-0.39, 0.29) is 42.8 Å². The van der Waals surface area contributed by atoms with Crippen LogP contribution in [0, 0.1) is 11.7 Å². The van der Waals surface area contributed by atoms with E-state index < -0.39 is 23.4 Å². The van der Waals surface area contributed by atoms with Crippen molar-refractivity contribution in [2.45, 2.75) is 102 Å². The standard InChI is InChI=1S/C30H41FN4O5/c1-30(2,3)40-29(39)32-21-6-4-18(5-7-21)16-34-12-10-19(11-13-34)22-14-20(31)15-23-24(22)17-35(28(23)38)25-8-9-26(36)33-27(25)37/h14-15,18-19,21,25H,4-13,16-17H2,1-3H3,(H,32,39)(H,33,36,37). The van der Waals surface area contributed by atoms with Crippen LogP contribution in [0.3, 0.4) is 0 Å². The van der Waals surface area contributed by atoms with Gasteiger partial charge < -0.3 is 19.9 Å². The molecule has 1 unspecified atom stereocenters. The van der Waals surface area contributed by atoms with Crippen LogP contribution in [0.25, 0.3) is 0 Å².